The van der Waals surface area contributed by atoms with Crippen molar-refractivity contribution in [1.29, 1.82) is 0 Å². The van der Waals surface area contributed by atoms with E-state index in [1.165, 1.54) is 11.1 Å². The van der Waals surface area contributed by atoms with Crippen molar-refractivity contribution in [3.8, 4) is 0 Å². The van der Waals surface area contributed by atoms with Crippen LogP contribution in [0.25, 0.3) is 0 Å². The number of carbonyl (C=O) groups excluding carboxylic acids is 1. The van der Waals surface area contributed by atoms with Crippen LogP contribution >= 0.6 is 0 Å². The summed E-state index contributed by atoms with van der Waals surface area (Å²) in [6.07, 6.45) is 2.17. The van der Waals surface area contributed by atoms with Gasteiger partial charge in [-0.3, -0.25) is 19.1 Å². The summed E-state index contributed by atoms with van der Waals surface area (Å²) in [6.45, 7) is 8.62. The fourth-order valence-electron chi connectivity index (χ4n) is 4.48. The summed E-state index contributed by atoms with van der Waals surface area (Å²) in [5, 5.41) is 2.93. The first-order chi connectivity index (χ1) is 16.4. The van der Waals surface area contributed by atoms with Crippen molar-refractivity contribution in [3.05, 3.63) is 93.2 Å². The molecule has 0 saturated heterocycles. The van der Waals surface area contributed by atoms with Gasteiger partial charge in [-0.15, -0.1) is 0 Å². The molecule has 0 aliphatic carbocycles. The Hall–Kier alpha value is -3.25. The first-order valence-electron chi connectivity index (χ1n) is 12.2. The summed E-state index contributed by atoms with van der Waals surface area (Å²) in [5.74, 6) is 0.920. The monoisotopic (exact) mass is 458 g/mol. The van der Waals surface area contributed by atoms with Crippen molar-refractivity contribution in [1.82, 2.24) is 14.5 Å². The number of hydrogen-bond acceptors (Lipinski definition) is 4. The molecule has 1 N–H and O–H groups in total. The molecular weight excluding hydrogens is 424 g/mol. The molecule has 3 aromatic rings. The van der Waals surface area contributed by atoms with Crippen LogP contribution in [0, 0.1) is 0 Å². The van der Waals surface area contributed by atoms with Gasteiger partial charge in [0.2, 0.25) is 5.91 Å². The third-order valence-electron chi connectivity index (χ3n) is 6.36. The molecule has 4 rings (SSSR count). The van der Waals surface area contributed by atoms with Crippen LogP contribution in [0.5, 0.6) is 0 Å². The van der Waals surface area contributed by atoms with Crippen molar-refractivity contribution in [2.45, 2.75) is 65.6 Å². The minimum Gasteiger partial charge on any atom is -0.325 e. The quantitative estimate of drug-likeness (QED) is 0.539. The fourth-order valence-corrected chi connectivity index (χ4v) is 4.48. The van der Waals surface area contributed by atoms with E-state index in [2.05, 4.69) is 43.1 Å². The number of carbonyl (C=O) groups is 1. The Balaban J connectivity index is 1.51. The van der Waals surface area contributed by atoms with Crippen molar-refractivity contribution in [3.63, 3.8) is 0 Å². The van der Waals surface area contributed by atoms with Gasteiger partial charge in [-0.25, -0.2) is 4.98 Å². The average Bonchev–Trinajstić information content (AvgIpc) is 2.82. The summed E-state index contributed by atoms with van der Waals surface area (Å²) in [4.78, 5) is 33.5. The van der Waals surface area contributed by atoms with E-state index in [0.29, 0.717) is 31.1 Å². The highest BCUT2D eigenvalue weighted by Crippen LogP contribution is 2.19. The van der Waals surface area contributed by atoms with Gasteiger partial charge in [-0.1, -0.05) is 63.2 Å². The summed E-state index contributed by atoms with van der Waals surface area (Å²) in [7, 11) is 0. The van der Waals surface area contributed by atoms with E-state index in [9.17, 15) is 9.59 Å². The molecule has 34 heavy (non-hydrogen) atoms. The van der Waals surface area contributed by atoms with Gasteiger partial charge in [-0.2, -0.15) is 0 Å². The third-order valence-corrected chi connectivity index (χ3v) is 6.36. The Morgan fingerprint density at radius 2 is 1.82 bits per heavy atom. The molecule has 0 atom stereocenters. The van der Waals surface area contributed by atoms with Crippen LogP contribution in [0.2, 0.25) is 0 Å². The average molecular weight is 459 g/mol. The van der Waals surface area contributed by atoms with E-state index >= 15 is 0 Å². The number of fused-ring (bicyclic) bond motifs is 1. The molecule has 2 heterocycles. The molecule has 6 heteroatoms. The van der Waals surface area contributed by atoms with E-state index in [-0.39, 0.29) is 18.0 Å². The maximum absolute atomic E-state index is 13.4. The number of nitrogens with one attached hydrogen (secondary N) is 1. The van der Waals surface area contributed by atoms with Crippen molar-refractivity contribution in [2.24, 2.45) is 0 Å². The number of benzene rings is 2. The van der Waals surface area contributed by atoms with E-state index in [1.807, 2.05) is 42.5 Å². The standard InChI is InChI=1S/C28H34N4O2/c1-4-8-26-30-25-18-31(17-21-9-6-5-7-10-21)16-15-24(25)28(34)32(26)19-27(33)29-23-13-11-22(12-14-23)20(2)3/h5-7,9-14,20H,4,8,15-19H2,1-3H3,(H,29,33). The lowest BCUT2D eigenvalue weighted by Crippen LogP contribution is -2.40. The number of hydrogen-bond donors (Lipinski definition) is 1. The molecule has 1 aromatic heterocycles. The molecule has 0 saturated carbocycles. The minimum atomic E-state index is -0.208. The smallest absolute Gasteiger partial charge is 0.257 e. The summed E-state index contributed by atoms with van der Waals surface area (Å²) in [5.41, 5.74) is 4.75. The predicted molar refractivity (Wildman–Crippen MR) is 136 cm³/mol. The molecule has 178 valence electrons. The lowest BCUT2D eigenvalue weighted by atomic mass is 10.0. The highest BCUT2D eigenvalue weighted by atomic mass is 16.2. The lowest BCUT2D eigenvalue weighted by Gasteiger charge is -2.29. The Morgan fingerprint density at radius 3 is 2.50 bits per heavy atom. The van der Waals surface area contributed by atoms with Gasteiger partial charge in [0, 0.05) is 37.3 Å². The third kappa shape index (κ3) is 5.62. The van der Waals surface area contributed by atoms with Gasteiger partial charge >= 0.3 is 0 Å². The lowest BCUT2D eigenvalue weighted by molar-refractivity contribution is -0.116. The van der Waals surface area contributed by atoms with Crippen LogP contribution in [-0.2, 0) is 37.3 Å². The van der Waals surface area contributed by atoms with Crippen LogP contribution < -0.4 is 10.9 Å². The molecular formula is C28H34N4O2. The molecule has 1 amide bonds. The molecule has 0 radical (unpaired) electrons. The van der Waals surface area contributed by atoms with Crippen molar-refractivity contribution in [2.75, 3.05) is 11.9 Å². The maximum atomic E-state index is 13.4. The Kier molecular flexibility index (Phi) is 7.58. The SMILES string of the molecule is CCCc1nc2c(c(=O)n1CC(=O)Nc1ccc(C(C)C)cc1)CCN(Cc1ccccc1)C2. The zero-order chi connectivity index (χ0) is 24.1. The van der Waals surface area contributed by atoms with Gasteiger partial charge in [0.25, 0.3) is 5.56 Å². The first-order valence-corrected chi connectivity index (χ1v) is 12.2. The molecule has 0 spiro atoms. The van der Waals surface area contributed by atoms with E-state index < -0.39 is 0 Å². The van der Waals surface area contributed by atoms with Gasteiger partial charge in [0.15, 0.2) is 0 Å². The molecule has 0 fully saturated rings. The topological polar surface area (TPSA) is 67.2 Å². The minimum absolute atomic E-state index is 0.0197. The molecule has 1 aliphatic rings. The fraction of sp³-hybridized carbons (Fsp3) is 0.393. The second-order valence-electron chi connectivity index (χ2n) is 9.37. The van der Waals surface area contributed by atoms with E-state index in [1.54, 1.807) is 4.57 Å². The predicted octanol–water partition coefficient (Wildman–Crippen LogP) is 4.52. The highest BCUT2D eigenvalue weighted by Gasteiger charge is 2.24. The normalized spacial score (nSPS) is 13.6. The van der Waals surface area contributed by atoms with Gasteiger partial charge in [0.05, 0.1) is 5.69 Å². The van der Waals surface area contributed by atoms with Gasteiger partial charge in [-0.05, 0) is 42.0 Å². The molecule has 0 bridgehead atoms. The molecule has 1 aliphatic heterocycles. The number of nitrogens with zero attached hydrogens (tertiary/aromatic N) is 3. The molecule has 6 nitrogen and oxygen atoms in total. The van der Waals surface area contributed by atoms with Crippen molar-refractivity contribution >= 4 is 11.6 Å². The first kappa shape index (κ1) is 23.9. The molecule has 0 unspecified atom stereocenters. The second-order valence-corrected chi connectivity index (χ2v) is 9.37. The van der Waals surface area contributed by atoms with Gasteiger partial charge in [0.1, 0.15) is 12.4 Å². The number of aromatic nitrogens is 2. The highest BCUT2D eigenvalue weighted by molar-refractivity contribution is 5.90. The zero-order valence-corrected chi connectivity index (χ0v) is 20.4. The molecule has 2 aromatic carbocycles. The second kappa shape index (κ2) is 10.8. The van der Waals surface area contributed by atoms with Crippen LogP contribution in [0.15, 0.2) is 59.4 Å². The Morgan fingerprint density at radius 1 is 1.09 bits per heavy atom. The van der Waals surface area contributed by atoms with Crippen LogP contribution in [0.3, 0.4) is 0 Å². The zero-order valence-electron chi connectivity index (χ0n) is 20.4. The Labute approximate surface area is 201 Å². The summed E-state index contributed by atoms with van der Waals surface area (Å²) >= 11 is 0. The van der Waals surface area contributed by atoms with Crippen LogP contribution in [0.1, 0.15) is 61.3 Å². The van der Waals surface area contributed by atoms with Gasteiger partial charge < -0.3 is 5.32 Å². The summed E-state index contributed by atoms with van der Waals surface area (Å²) < 4.78 is 1.58. The van der Waals surface area contributed by atoms with E-state index in [0.717, 1.165) is 36.5 Å². The maximum Gasteiger partial charge on any atom is 0.257 e. The van der Waals surface area contributed by atoms with E-state index in [4.69, 9.17) is 4.98 Å². The van der Waals surface area contributed by atoms with Crippen LogP contribution in [0.4, 0.5) is 5.69 Å². The largest absolute Gasteiger partial charge is 0.325 e. The number of rotatable bonds is 8. The number of aryl methyl sites for hydroxylation is 1. The number of amides is 1. The Bertz CT molecular complexity index is 1180. The van der Waals surface area contributed by atoms with Crippen molar-refractivity contribution < 1.29 is 4.79 Å². The van der Waals surface area contributed by atoms with Crippen LogP contribution in [-0.4, -0.2) is 26.9 Å². The summed E-state index contributed by atoms with van der Waals surface area (Å²) in [6, 6.07) is 18.2. The number of anilines is 1.